The van der Waals surface area contributed by atoms with Gasteiger partial charge in [0.2, 0.25) is 5.91 Å². The van der Waals surface area contributed by atoms with Gasteiger partial charge in [-0.3, -0.25) is 9.78 Å². The highest BCUT2D eigenvalue weighted by Crippen LogP contribution is 2.46. The minimum Gasteiger partial charge on any atom is -0.493 e. The number of halogens is 1. The van der Waals surface area contributed by atoms with Gasteiger partial charge in [0, 0.05) is 34.8 Å². The molecule has 0 bridgehead atoms. The fourth-order valence-electron chi connectivity index (χ4n) is 3.89. The third-order valence-electron chi connectivity index (χ3n) is 6.50. The highest BCUT2D eigenvalue weighted by molar-refractivity contribution is 7.80. The molecular weight excluding hydrogens is 479 g/mol. The first-order chi connectivity index (χ1) is 17.4. The Balaban J connectivity index is 1.45. The maximum atomic E-state index is 14.8. The summed E-state index contributed by atoms with van der Waals surface area (Å²) in [6.07, 6.45) is 8.87. The number of rotatable bonds is 13. The third-order valence-corrected chi connectivity index (χ3v) is 6.82. The number of amides is 1. The minimum atomic E-state index is -0.569. The molecule has 0 unspecified atom stereocenters. The molecule has 0 aliphatic heterocycles. The van der Waals surface area contributed by atoms with Gasteiger partial charge in [-0.25, -0.2) is 4.39 Å². The molecule has 1 fully saturated rings. The number of nitrogens with zero attached hydrogens (tertiary/aromatic N) is 1. The number of unbranched alkanes of at least 4 members (excludes halogenated alkanes) is 4. The molecule has 0 atom stereocenters. The van der Waals surface area contributed by atoms with Crippen molar-refractivity contribution in [2.45, 2.75) is 51.9 Å². The molecule has 0 spiro atoms. The van der Waals surface area contributed by atoms with Gasteiger partial charge in [0.15, 0.2) is 23.1 Å². The molecule has 6 nitrogen and oxygen atoms in total. The van der Waals surface area contributed by atoms with E-state index in [4.69, 9.17) is 14.2 Å². The minimum absolute atomic E-state index is 0.0512. The Bertz CT molecular complexity index is 1220. The molecule has 2 aromatic carbocycles. The van der Waals surface area contributed by atoms with Crippen LogP contribution in [-0.4, -0.2) is 30.4 Å². The van der Waals surface area contributed by atoms with Gasteiger partial charge < -0.3 is 19.5 Å². The summed E-state index contributed by atoms with van der Waals surface area (Å²) in [5.41, 5.74) is 0.719. The predicted molar refractivity (Wildman–Crippen MR) is 143 cm³/mol. The Morgan fingerprint density at radius 1 is 1.03 bits per heavy atom. The van der Waals surface area contributed by atoms with E-state index in [9.17, 15) is 9.18 Å². The van der Waals surface area contributed by atoms with Crippen LogP contribution in [0.15, 0.2) is 42.6 Å². The van der Waals surface area contributed by atoms with Crippen molar-refractivity contribution in [1.82, 2.24) is 4.98 Å². The van der Waals surface area contributed by atoms with Crippen molar-refractivity contribution in [3.05, 3.63) is 48.4 Å². The van der Waals surface area contributed by atoms with Crippen molar-refractivity contribution in [2.75, 3.05) is 24.8 Å². The number of ether oxygens (including phenoxy) is 3. The first-order valence-corrected chi connectivity index (χ1v) is 13.1. The van der Waals surface area contributed by atoms with Gasteiger partial charge in [0.25, 0.3) is 0 Å². The molecule has 1 heterocycles. The van der Waals surface area contributed by atoms with E-state index in [-0.39, 0.29) is 17.1 Å². The first kappa shape index (κ1) is 26.1. The molecule has 192 valence electrons. The molecule has 1 N–H and O–H groups in total. The van der Waals surface area contributed by atoms with Crippen LogP contribution in [0.5, 0.6) is 23.0 Å². The number of hydrogen-bond donors (Lipinski definition) is 2. The molecule has 8 heteroatoms. The SMILES string of the molecule is COc1cc2c(Oc3ccc(NC(=O)C4(C)CC4)cc3F)ccnc2cc1OCCCCCCCS. The summed E-state index contributed by atoms with van der Waals surface area (Å²) in [6, 6.07) is 9.70. The van der Waals surface area contributed by atoms with Crippen LogP contribution >= 0.6 is 12.6 Å². The van der Waals surface area contributed by atoms with Crippen LogP contribution in [-0.2, 0) is 4.79 Å². The van der Waals surface area contributed by atoms with Crippen molar-refractivity contribution in [3.8, 4) is 23.0 Å². The van der Waals surface area contributed by atoms with Crippen molar-refractivity contribution in [2.24, 2.45) is 5.41 Å². The van der Waals surface area contributed by atoms with Crippen LogP contribution in [0.2, 0.25) is 0 Å². The normalized spacial score (nSPS) is 13.9. The van der Waals surface area contributed by atoms with Crippen LogP contribution in [0.4, 0.5) is 10.1 Å². The van der Waals surface area contributed by atoms with E-state index in [0.717, 1.165) is 37.9 Å². The Morgan fingerprint density at radius 2 is 1.81 bits per heavy atom. The van der Waals surface area contributed by atoms with Crippen molar-refractivity contribution < 1.29 is 23.4 Å². The molecule has 3 aromatic rings. The van der Waals surface area contributed by atoms with Crippen molar-refractivity contribution in [3.63, 3.8) is 0 Å². The molecule has 0 radical (unpaired) electrons. The second-order valence-electron chi connectivity index (χ2n) is 9.43. The number of pyridine rings is 1. The van der Waals surface area contributed by atoms with Gasteiger partial charge in [-0.05, 0) is 55.7 Å². The zero-order chi connectivity index (χ0) is 25.5. The number of aromatic nitrogens is 1. The smallest absolute Gasteiger partial charge is 0.230 e. The van der Waals surface area contributed by atoms with E-state index in [1.54, 1.807) is 31.5 Å². The molecule has 0 saturated heterocycles. The van der Waals surface area contributed by atoms with Gasteiger partial charge in [0.1, 0.15) is 5.75 Å². The second kappa shape index (κ2) is 11.8. The molecule has 1 aliphatic rings. The van der Waals surface area contributed by atoms with E-state index in [2.05, 4.69) is 22.9 Å². The van der Waals surface area contributed by atoms with Crippen molar-refractivity contribution in [1.29, 1.82) is 0 Å². The van der Waals surface area contributed by atoms with E-state index in [1.807, 2.05) is 13.0 Å². The Kier molecular flexibility index (Phi) is 8.56. The second-order valence-corrected chi connectivity index (χ2v) is 9.88. The average Bonchev–Trinajstić information content (AvgIpc) is 3.63. The highest BCUT2D eigenvalue weighted by atomic mass is 32.1. The topological polar surface area (TPSA) is 69.7 Å². The summed E-state index contributed by atoms with van der Waals surface area (Å²) in [7, 11) is 1.58. The number of hydrogen-bond acceptors (Lipinski definition) is 6. The maximum absolute atomic E-state index is 14.8. The van der Waals surface area contributed by atoms with E-state index < -0.39 is 5.82 Å². The number of carbonyl (C=O) groups excluding carboxylic acids is 1. The van der Waals surface area contributed by atoms with Gasteiger partial charge in [0.05, 0.1) is 19.2 Å². The number of fused-ring (bicyclic) bond motifs is 1. The summed E-state index contributed by atoms with van der Waals surface area (Å²) < 4.78 is 32.3. The van der Waals surface area contributed by atoms with E-state index in [0.29, 0.717) is 40.4 Å². The van der Waals surface area contributed by atoms with Crippen LogP contribution in [0, 0.1) is 11.2 Å². The average molecular weight is 513 g/mol. The summed E-state index contributed by atoms with van der Waals surface area (Å²) in [6.45, 7) is 2.49. The lowest BCUT2D eigenvalue weighted by molar-refractivity contribution is -0.120. The molecule has 1 saturated carbocycles. The van der Waals surface area contributed by atoms with Gasteiger partial charge in [-0.1, -0.05) is 26.2 Å². The first-order valence-electron chi connectivity index (χ1n) is 12.4. The van der Waals surface area contributed by atoms with Crippen LogP contribution < -0.4 is 19.5 Å². The van der Waals surface area contributed by atoms with E-state index >= 15 is 0 Å². The standard InChI is InChI=1S/C28H33FN2O4S/c1-28(11-12-28)27(32)31-19-8-9-24(21(29)16-19)35-23-10-13-30-22-18-26(25(33-2)17-20(22)23)34-14-6-4-3-5-7-15-36/h8-10,13,16-18,36H,3-7,11-12,14-15H2,1-2H3,(H,31,32). The predicted octanol–water partition coefficient (Wildman–Crippen LogP) is 7.17. The summed E-state index contributed by atoms with van der Waals surface area (Å²) >= 11 is 4.24. The maximum Gasteiger partial charge on any atom is 0.230 e. The molecule has 4 rings (SSSR count). The quantitative estimate of drug-likeness (QED) is 0.188. The summed E-state index contributed by atoms with van der Waals surface area (Å²) in [5, 5.41) is 3.46. The zero-order valence-corrected chi connectivity index (χ0v) is 21.7. The molecule has 36 heavy (non-hydrogen) atoms. The number of methoxy groups -OCH3 is 1. The van der Waals surface area contributed by atoms with Gasteiger partial charge in [-0.15, -0.1) is 0 Å². The fourth-order valence-corrected chi connectivity index (χ4v) is 4.12. The third kappa shape index (κ3) is 6.40. The number of carbonyl (C=O) groups is 1. The van der Waals surface area contributed by atoms with Gasteiger partial charge in [-0.2, -0.15) is 12.6 Å². The lowest BCUT2D eigenvalue weighted by Crippen LogP contribution is -2.21. The number of thiol groups is 1. The molecular formula is C28H33FN2O4S. The van der Waals surface area contributed by atoms with Crippen LogP contribution in [0.25, 0.3) is 10.9 Å². The fraction of sp³-hybridized carbons (Fsp3) is 0.429. The summed E-state index contributed by atoms with van der Waals surface area (Å²) in [5.74, 6) is 1.93. The lowest BCUT2D eigenvalue weighted by atomic mass is 10.1. The van der Waals surface area contributed by atoms with Gasteiger partial charge >= 0.3 is 0 Å². The lowest BCUT2D eigenvalue weighted by Gasteiger charge is -2.15. The van der Waals surface area contributed by atoms with E-state index in [1.165, 1.54) is 25.0 Å². The van der Waals surface area contributed by atoms with Crippen LogP contribution in [0.1, 0.15) is 51.9 Å². The number of nitrogens with one attached hydrogen (secondary N) is 1. The monoisotopic (exact) mass is 512 g/mol. The number of benzene rings is 2. The van der Waals surface area contributed by atoms with Crippen molar-refractivity contribution >= 4 is 35.1 Å². The Morgan fingerprint density at radius 3 is 2.53 bits per heavy atom. The Hall–Kier alpha value is -3.00. The largest absolute Gasteiger partial charge is 0.493 e. The zero-order valence-electron chi connectivity index (χ0n) is 20.8. The molecule has 1 amide bonds. The number of anilines is 1. The summed E-state index contributed by atoms with van der Waals surface area (Å²) in [4.78, 5) is 16.7. The Labute approximate surface area is 217 Å². The molecule has 1 aromatic heterocycles. The molecule has 1 aliphatic carbocycles. The highest BCUT2D eigenvalue weighted by Gasteiger charge is 2.44. The van der Waals surface area contributed by atoms with Crippen LogP contribution in [0.3, 0.4) is 0 Å².